The van der Waals surface area contributed by atoms with Crippen molar-refractivity contribution in [1.29, 1.82) is 0 Å². The van der Waals surface area contributed by atoms with Crippen LogP contribution in [0.25, 0.3) is 0 Å². The number of aromatic hydroxyl groups is 2. The van der Waals surface area contributed by atoms with Gasteiger partial charge in [0.05, 0.1) is 11.3 Å². The molecule has 1 aromatic rings. The Morgan fingerprint density at radius 2 is 1.32 bits per heavy atom. The molecule has 0 atom stereocenters. The Kier molecular flexibility index (Phi) is 13.8. The van der Waals surface area contributed by atoms with Crippen LogP contribution in [0, 0.1) is 0 Å². The SMILES string of the molecule is CC(=O)CC(C)=O.O=S(=O)([O-])c1cc(O)c(O)c(S(=O)(=O)[O-])c1.[Na+].[Na+]. The molecule has 0 unspecified atom stereocenters. The van der Waals surface area contributed by atoms with Gasteiger partial charge in [-0.1, -0.05) is 0 Å². The number of rotatable bonds is 4. The summed E-state index contributed by atoms with van der Waals surface area (Å²) in [6, 6.07) is 0.520. The van der Waals surface area contributed by atoms with Gasteiger partial charge in [-0.25, -0.2) is 16.8 Å². The molecule has 0 radical (unpaired) electrons. The number of hydrogen-bond acceptors (Lipinski definition) is 10. The molecule has 10 nitrogen and oxygen atoms in total. The Balaban J connectivity index is -0.000000464. The quantitative estimate of drug-likeness (QED) is 0.207. The summed E-state index contributed by atoms with van der Waals surface area (Å²) in [5.41, 5.74) is 0. The van der Waals surface area contributed by atoms with Crippen LogP contribution in [0.3, 0.4) is 0 Å². The van der Waals surface area contributed by atoms with E-state index < -0.39 is 41.5 Å². The number of ketones is 2. The summed E-state index contributed by atoms with van der Waals surface area (Å²) in [6.07, 6.45) is 0.0833. The van der Waals surface area contributed by atoms with E-state index >= 15 is 0 Å². The molecule has 130 valence electrons. The molecule has 0 fully saturated rings. The average Bonchev–Trinajstić information content (AvgIpc) is 2.28. The third-order valence-electron chi connectivity index (χ3n) is 2.08. The number of hydrogen-bond donors (Lipinski definition) is 2. The fraction of sp³-hybridized carbons (Fsp3) is 0.273. The Hall–Kier alpha value is -0.0200. The predicted molar refractivity (Wildman–Crippen MR) is 71.7 cm³/mol. The van der Waals surface area contributed by atoms with Crippen molar-refractivity contribution in [2.45, 2.75) is 30.1 Å². The zero-order valence-corrected chi connectivity index (χ0v) is 19.5. The minimum atomic E-state index is -5.20. The summed E-state index contributed by atoms with van der Waals surface area (Å²) in [7, 11) is -10.3. The Labute approximate surface area is 188 Å². The molecular formula is C11H12Na2O10S2. The van der Waals surface area contributed by atoms with Crippen molar-refractivity contribution >= 4 is 31.8 Å². The molecular weight excluding hydrogens is 402 g/mol. The van der Waals surface area contributed by atoms with Gasteiger partial charge in [-0.05, 0) is 19.9 Å². The number of phenolic OH excluding ortho intramolecular Hbond substituents is 2. The number of phenols is 2. The van der Waals surface area contributed by atoms with E-state index in [9.17, 15) is 35.5 Å². The molecule has 0 aliphatic carbocycles. The van der Waals surface area contributed by atoms with E-state index in [4.69, 9.17) is 10.2 Å². The van der Waals surface area contributed by atoms with Gasteiger partial charge in [-0.2, -0.15) is 0 Å². The van der Waals surface area contributed by atoms with E-state index in [-0.39, 0.29) is 83.2 Å². The van der Waals surface area contributed by atoms with Crippen molar-refractivity contribution in [3.63, 3.8) is 0 Å². The van der Waals surface area contributed by atoms with Gasteiger partial charge in [-0.15, -0.1) is 0 Å². The van der Waals surface area contributed by atoms with Gasteiger partial charge in [0.2, 0.25) is 0 Å². The van der Waals surface area contributed by atoms with E-state index in [1.54, 1.807) is 0 Å². The summed E-state index contributed by atoms with van der Waals surface area (Å²) in [4.78, 5) is 17.6. The minimum Gasteiger partial charge on any atom is -0.744 e. The van der Waals surface area contributed by atoms with Gasteiger partial charge in [0.1, 0.15) is 36.7 Å². The normalized spacial score (nSPS) is 10.4. The van der Waals surface area contributed by atoms with Crippen LogP contribution in [0.5, 0.6) is 11.5 Å². The van der Waals surface area contributed by atoms with E-state index in [1.165, 1.54) is 13.8 Å². The molecule has 0 aliphatic rings. The maximum atomic E-state index is 10.6. The first kappa shape index (κ1) is 29.7. The van der Waals surface area contributed by atoms with E-state index in [0.29, 0.717) is 6.07 Å². The summed E-state index contributed by atoms with van der Waals surface area (Å²) >= 11 is 0. The molecule has 0 bridgehead atoms. The van der Waals surface area contributed by atoms with Crippen LogP contribution in [-0.4, -0.2) is 47.7 Å². The van der Waals surface area contributed by atoms with Crippen molar-refractivity contribution < 1.29 is 105 Å². The first-order valence-electron chi connectivity index (χ1n) is 5.63. The van der Waals surface area contributed by atoms with Gasteiger partial charge < -0.3 is 19.3 Å². The van der Waals surface area contributed by atoms with Crippen molar-refractivity contribution in [3.8, 4) is 11.5 Å². The van der Waals surface area contributed by atoms with E-state index in [0.717, 1.165) is 0 Å². The molecule has 25 heavy (non-hydrogen) atoms. The van der Waals surface area contributed by atoms with Gasteiger partial charge in [-0.3, -0.25) is 9.59 Å². The molecule has 1 aromatic carbocycles. The third kappa shape index (κ3) is 11.3. The molecule has 0 aliphatic heterocycles. The Morgan fingerprint density at radius 1 is 0.920 bits per heavy atom. The van der Waals surface area contributed by atoms with Crippen LogP contribution in [0.4, 0.5) is 0 Å². The largest absolute Gasteiger partial charge is 1.00 e. The second-order valence-corrected chi connectivity index (χ2v) is 7.01. The second-order valence-electron chi connectivity index (χ2n) is 4.28. The van der Waals surface area contributed by atoms with E-state index in [1.807, 2.05) is 0 Å². The molecule has 0 amide bonds. The average molecular weight is 414 g/mol. The third-order valence-corrected chi connectivity index (χ3v) is 3.75. The van der Waals surface area contributed by atoms with Gasteiger partial charge in [0.15, 0.2) is 11.5 Å². The summed E-state index contributed by atoms with van der Waals surface area (Å²) in [6.45, 7) is 2.81. The van der Waals surface area contributed by atoms with Crippen molar-refractivity contribution in [3.05, 3.63) is 12.1 Å². The molecule has 14 heteroatoms. The van der Waals surface area contributed by atoms with Crippen LogP contribution in [-0.2, 0) is 29.8 Å². The number of Topliss-reactive ketones (excluding diaryl/α,β-unsaturated/α-hetero) is 2. The van der Waals surface area contributed by atoms with Crippen molar-refractivity contribution in [1.82, 2.24) is 0 Å². The maximum Gasteiger partial charge on any atom is 1.00 e. The maximum absolute atomic E-state index is 10.6. The van der Waals surface area contributed by atoms with Crippen LogP contribution >= 0.6 is 0 Å². The Morgan fingerprint density at radius 3 is 1.56 bits per heavy atom. The standard InChI is InChI=1S/C6H6O8S2.C5H8O2.2Na/c7-4-1-3(15(9,10)11)2-5(6(4)8)16(12,13)14;1-4(6)3-5(2)7;;/h1-2,7-8H,(H,9,10,11)(H,12,13,14);3H2,1-2H3;;/q;;2*+1/p-2. The molecule has 2 N–H and O–H groups in total. The van der Waals surface area contributed by atoms with Gasteiger partial charge >= 0.3 is 59.1 Å². The number of carbonyl (C=O) groups is 2. The van der Waals surface area contributed by atoms with Crippen molar-refractivity contribution in [2.24, 2.45) is 0 Å². The minimum absolute atomic E-state index is 0. The Bertz CT molecular complexity index is 819. The zero-order chi connectivity index (χ0) is 18.6. The van der Waals surface area contributed by atoms with Crippen LogP contribution in [0.15, 0.2) is 21.9 Å². The van der Waals surface area contributed by atoms with Gasteiger partial charge in [0.25, 0.3) is 0 Å². The first-order chi connectivity index (χ1) is 10.2. The first-order valence-corrected chi connectivity index (χ1v) is 8.44. The molecule has 0 aromatic heterocycles. The fourth-order valence-electron chi connectivity index (χ4n) is 1.25. The van der Waals surface area contributed by atoms with Crippen LogP contribution < -0.4 is 59.1 Å². The second kappa shape index (κ2) is 11.6. The fourth-order valence-corrected chi connectivity index (χ4v) is 2.46. The summed E-state index contributed by atoms with van der Waals surface area (Å²) in [5, 5.41) is 17.9. The summed E-state index contributed by atoms with van der Waals surface area (Å²) in [5.74, 6) is -2.62. The molecule has 1 rings (SSSR count). The predicted octanol–water partition coefficient (Wildman–Crippen LogP) is -6.53. The van der Waals surface area contributed by atoms with E-state index in [2.05, 4.69) is 0 Å². The van der Waals surface area contributed by atoms with Crippen LogP contribution in [0.2, 0.25) is 0 Å². The molecule has 0 spiro atoms. The van der Waals surface area contributed by atoms with Crippen LogP contribution in [0.1, 0.15) is 20.3 Å². The topological polar surface area (TPSA) is 189 Å². The zero-order valence-electron chi connectivity index (χ0n) is 13.8. The van der Waals surface area contributed by atoms with Gasteiger partial charge in [0, 0.05) is 6.07 Å². The number of carbonyl (C=O) groups excluding carboxylic acids is 2. The molecule has 0 saturated heterocycles. The molecule has 0 saturated carbocycles. The number of benzene rings is 1. The monoisotopic (exact) mass is 414 g/mol. The smallest absolute Gasteiger partial charge is 0.744 e. The summed E-state index contributed by atoms with van der Waals surface area (Å²) < 4.78 is 63.3. The van der Waals surface area contributed by atoms with Crippen molar-refractivity contribution in [2.75, 3.05) is 0 Å². The molecule has 0 heterocycles.